The van der Waals surface area contributed by atoms with Gasteiger partial charge in [0.15, 0.2) is 12.0 Å². The van der Waals surface area contributed by atoms with Gasteiger partial charge in [-0.05, 0) is 76.3 Å². The molecule has 0 amide bonds. The first-order chi connectivity index (χ1) is 22.8. The van der Waals surface area contributed by atoms with Crippen molar-refractivity contribution < 1.29 is 19.1 Å². The van der Waals surface area contributed by atoms with E-state index >= 15 is 0 Å². The topological polar surface area (TPSA) is 59.7 Å². The number of aldehydes is 1. The van der Waals surface area contributed by atoms with E-state index in [1.54, 1.807) is 6.07 Å². The average Bonchev–Trinajstić information content (AvgIpc) is 3.56. The third-order valence-corrected chi connectivity index (χ3v) is 8.56. The van der Waals surface area contributed by atoms with Crippen LogP contribution in [0.1, 0.15) is 210 Å². The zero-order valence-corrected chi connectivity index (χ0v) is 30.6. The summed E-state index contributed by atoms with van der Waals surface area (Å²) in [6.45, 7) is 6.38. The van der Waals surface area contributed by atoms with Crippen molar-refractivity contribution in [3.05, 3.63) is 48.0 Å². The van der Waals surface area contributed by atoms with Crippen LogP contribution in [0.2, 0.25) is 0 Å². The lowest BCUT2D eigenvalue weighted by molar-refractivity contribution is 0.109. The van der Waals surface area contributed by atoms with Gasteiger partial charge in [0.2, 0.25) is 0 Å². The van der Waals surface area contributed by atoms with Crippen molar-refractivity contribution in [3.8, 4) is 0 Å². The predicted molar refractivity (Wildman–Crippen MR) is 200 cm³/mol. The quantitative estimate of drug-likeness (QED) is 0.0461. The Morgan fingerprint density at radius 2 is 0.870 bits per heavy atom. The minimum atomic E-state index is -0.159. The molecular weight excluding hydrogens is 568 g/mol. The van der Waals surface area contributed by atoms with Gasteiger partial charge in [-0.3, -0.25) is 4.79 Å². The molecule has 1 aromatic rings. The molecule has 1 rings (SSSR count). The number of hydrogen-bond acceptors (Lipinski definition) is 4. The van der Waals surface area contributed by atoms with E-state index in [2.05, 4.69) is 38.2 Å². The summed E-state index contributed by atoms with van der Waals surface area (Å²) in [4.78, 5) is 9.96. The van der Waals surface area contributed by atoms with Crippen LogP contribution in [0.5, 0.6) is 0 Å². The number of carbonyl (C=O) groups excluding carboxylic acids is 1. The lowest BCUT2D eigenvalue weighted by Gasteiger charge is -2.05. The second kappa shape index (κ2) is 39.5. The molecule has 0 saturated heterocycles. The molecule has 1 N–H and O–H groups in total. The molecule has 0 radical (unpaired) electrons. The maximum absolute atomic E-state index is 9.96. The maximum Gasteiger partial charge on any atom is 0.185 e. The van der Waals surface area contributed by atoms with Crippen LogP contribution in [-0.4, -0.2) is 24.6 Å². The molecule has 0 aliphatic heterocycles. The van der Waals surface area contributed by atoms with E-state index in [1.807, 2.05) is 0 Å². The molecule has 0 atom stereocenters. The Balaban J connectivity index is 0.00000191. The summed E-state index contributed by atoms with van der Waals surface area (Å²) >= 11 is 0. The Morgan fingerprint density at radius 1 is 0.522 bits per heavy atom. The van der Waals surface area contributed by atoms with Gasteiger partial charge in [0, 0.05) is 13.2 Å². The molecular formula is C42H76O4. The van der Waals surface area contributed by atoms with E-state index < -0.39 is 0 Å². The molecule has 0 unspecified atom stereocenters. The summed E-state index contributed by atoms with van der Waals surface area (Å²) in [5.74, 6) is 0.663. The van der Waals surface area contributed by atoms with Gasteiger partial charge in [0.05, 0.1) is 0 Å². The molecule has 4 nitrogen and oxygen atoms in total. The van der Waals surface area contributed by atoms with Crippen LogP contribution >= 0.6 is 0 Å². The Bertz CT molecular complexity index is 725. The monoisotopic (exact) mass is 645 g/mol. The van der Waals surface area contributed by atoms with Crippen molar-refractivity contribution in [2.75, 3.05) is 13.2 Å². The van der Waals surface area contributed by atoms with Crippen molar-refractivity contribution in [2.45, 2.75) is 200 Å². The van der Waals surface area contributed by atoms with Gasteiger partial charge in [0.25, 0.3) is 0 Å². The van der Waals surface area contributed by atoms with Crippen molar-refractivity contribution in [1.82, 2.24) is 0 Å². The highest BCUT2D eigenvalue weighted by Gasteiger charge is 1.97. The molecule has 0 aromatic carbocycles. The van der Waals surface area contributed by atoms with Gasteiger partial charge in [0.1, 0.15) is 12.4 Å². The molecule has 0 aliphatic rings. The second-order valence-corrected chi connectivity index (χ2v) is 13.1. The van der Waals surface area contributed by atoms with Gasteiger partial charge < -0.3 is 14.3 Å². The van der Waals surface area contributed by atoms with Crippen LogP contribution in [0.15, 0.2) is 40.9 Å². The van der Waals surface area contributed by atoms with E-state index in [0.717, 1.165) is 13.2 Å². The largest absolute Gasteiger partial charge is 0.456 e. The van der Waals surface area contributed by atoms with Crippen LogP contribution in [-0.2, 0) is 11.3 Å². The summed E-state index contributed by atoms with van der Waals surface area (Å²) in [7, 11) is 0. The highest BCUT2D eigenvalue weighted by molar-refractivity contribution is 5.70. The Labute approximate surface area is 286 Å². The smallest absolute Gasteiger partial charge is 0.185 e. The van der Waals surface area contributed by atoms with Gasteiger partial charge >= 0.3 is 0 Å². The van der Waals surface area contributed by atoms with Crippen molar-refractivity contribution >= 4 is 6.29 Å². The summed E-state index contributed by atoms with van der Waals surface area (Å²) in [6, 6.07) is 3.07. The fraction of sp³-hybridized carbons (Fsp3) is 0.786. The second-order valence-electron chi connectivity index (χ2n) is 13.1. The van der Waals surface area contributed by atoms with Crippen molar-refractivity contribution in [2.24, 2.45) is 0 Å². The molecule has 4 heteroatoms. The molecule has 0 spiro atoms. The normalized spacial score (nSPS) is 11.5. The number of unbranched alkanes of at least 4 members (excludes halogenated alkanes) is 24. The molecule has 0 saturated carbocycles. The van der Waals surface area contributed by atoms with E-state index in [0.29, 0.717) is 12.0 Å². The summed E-state index contributed by atoms with van der Waals surface area (Å²) < 4.78 is 10.6. The Hall–Kier alpha value is -1.65. The van der Waals surface area contributed by atoms with Gasteiger partial charge in [-0.2, -0.15) is 0 Å². The molecule has 0 bridgehead atoms. The number of ether oxygens (including phenoxy) is 1. The zero-order valence-electron chi connectivity index (χ0n) is 30.6. The SMILES string of the molecule is CCCCCCCCC=CCCCCCCCCOCCCCCCCCC=CCCCCCCCC.O=Cc1ccc(CO)o1. The number of aliphatic hydroxyl groups excluding tert-OH is 1. The first-order valence-corrected chi connectivity index (χ1v) is 19.8. The van der Waals surface area contributed by atoms with Gasteiger partial charge in [-0.1, -0.05) is 154 Å². The fourth-order valence-corrected chi connectivity index (χ4v) is 5.55. The van der Waals surface area contributed by atoms with Crippen LogP contribution in [0.25, 0.3) is 0 Å². The Kier molecular flexibility index (Phi) is 38.1. The lowest BCUT2D eigenvalue weighted by Crippen LogP contribution is -1.97. The first-order valence-electron chi connectivity index (χ1n) is 19.8. The third kappa shape index (κ3) is 35.2. The number of allylic oxidation sites excluding steroid dienone is 4. The Morgan fingerprint density at radius 3 is 1.17 bits per heavy atom. The molecule has 268 valence electrons. The van der Waals surface area contributed by atoms with Crippen molar-refractivity contribution in [1.29, 1.82) is 0 Å². The molecule has 1 aromatic heterocycles. The molecule has 1 heterocycles. The molecule has 0 aliphatic carbocycles. The average molecular weight is 645 g/mol. The van der Waals surface area contributed by atoms with E-state index in [-0.39, 0.29) is 12.4 Å². The maximum atomic E-state index is 9.96. The molecule has 0 fully saturated rings. The van der Waals surface area contributed by atoms with Crippen LogP contribution in [0.4, 0.5) is 0 Å². The van der Waals surface area contributed by atoms with Crippen molar-refractivity contribution in [3.63, 3.8) is 0 Å². The van der Waals surface area contributed by atoms with Crippen LogP contribution in [0.3, 0.4) is 0 Å². The summed E-state index contributed by atoms with van der Waals surface area (Å²) in [6.07, 6.45) is 48.7. The standard InChI is InChI=1S/C36H70O.C6H6O3/c1-3-5-7-9-11-13-15-17-19-21-23-25-27-29-31-33-35-37-36-34-32-30-28-26-24-22-20-18-16-14-12-10-8-6-4-2;7-3-5-1-2-6(4-8)9-5/h17-20H,3-16,21-36H2,1-2H3;1-3,8H,4H2. The summed E-state index contributed by atoms with van der Waals surface area (Å²) in [5, 5.41) is 8.44. The molecule has 46 heavy (non-hydrogen) atoms. The highest BCUT2D eigenvalue weighted by atomic mass is 16.5. The first kappa shape index (κ1) is 44.4. The number of aliphatic hydroxyl groups is 1. The number of hydrogen-bond donors (Lipinski definition) is 1. The van der Waals surface area contributed by atoms with Crippen LogP contribution in [0, 0.1) is 0 Å². The fourth-order valence-electron chi connectivity index (χ4n) is 5.55. The third-order valence-electron chi connectivity index (χ3n) is 8.56. The minimum Gasteiger partial charge on any atom is -0.456 e. The minimum absolute atomic E-state index is 0.159. The number of furan rings is 1. The highest BCUT2D eigenvalue weighted by Crippen LogP contribution is 2.12. The van der Waals surface area contributed by atoms with E-state index in [4.69, 9.17) is 14.3 Å². The number of carbonyl (C=O) groups is 1. The number of rotatable bonds is 34. The van der Waals surface area contributed by atoms with Gasteiger partial charge in [-0.15, -0.1) is 0 Å². The predicted octanol–water partition coefficient (Wildman–Crippen LogP) is 13.7. The van der Waals surface area contributed by atoms with E-state index in [1.165, 1.54) is 186 Å². The summed E-state index contributed by atoms with van der Waals surface area (Å²) in [5.41, 5.74) is 0. The van der Waals surface area contributed by atoms with Gasteiger partial charge in [-0.25, -0.2) is 0 Å². The lowest BCUT2D eigenvalue weighted by atomic mass is 10.1. The van der Waals surface area contributed by atoms with Crippen LogP contribution < -0.4 is 0 Å². The zero-order chi connectivity index (χ0) is 33.4. The van der Waals surface area contributed by atoms with E-state index in [9.17, 15) is 4.79 Å².